The first-order valence-electron chi connectivity index (χ1n) is 8.92. The normalized spacial score (nSPS) is 16.0. The average Bonchev–Trinajstić information content (AvgIpc) is 3.10. The number of guanidine groups is 1. The Balaban J connectivity index is 0.00000338. The van der Waals surface area contributed by atoms with E-state index in [0.717, 1.165) is 36.8 Å². The van der Waals surface area contributed by atoms with Gasteiger partial charge < -0.3 is 25.2 Å². The van der Waals surface area contributed by atoms with Crippen LogP contribution >= 0.6 is 24.0 Å². The Morgan fingerprint density at radius 2 is 1.96 bits per heavy atom. The van der Waals surface area contributed by atoms with Crippen molar-refractivity contribution in [2.45, 2.75) is 38.6 Å². The molecule has 1 saturated carbocycles. The molecule has 1 aromatic rings. The van der Waals surface area contributed by atoms with Gasteiger partial charge >= 0.3 is 0 Å². The van der Waals surface area contributed by atoms with Crippen molar-refractivity contribution in [2.75, 3.05) is 34.4 Å². The first kappa shape index (κ1) is 22.8. The van der Waals surface area contributed by atoms with Crippen molar-refractivity contribution in [1.82, 2.24) is 10.6 Å². The van der Waals surface area contributed by atoms with Crippen LogP contribution in [-0.2, 0) is 11.3 Å². The van der Waals surface area contributed by atoms with E-state index in [1.807, 2.05) is 6.07 Å². The highest BCUT2D eigenvalue weighted by molar-refractivity contribution is 14.0. The standard InChI is InChI=1S/C19H31N3O3.HI/c1-20-18(21-13-15-12-16(25-3)6-7-17(15)23)22-14-19(10-11-24-2)8-4-5-9-19;/h6-7,12,23H,4-5,8-11,13-14H2,1-3H3,(H2,20,21,22);1H. The summed E-state index contributed by atoms with van der Waals surface area (Å²) in [5, 5.41) is 16.7. The van der Waals surface area contributed by atoms with Crippen LogP contribution < -0.4 is 15.4 Å². The molecule has 26 heavy (non-hydrogen) atoms. The zero-order chi connectivity index (χ0) is 18.1. The van der Waals surface area contributed by atoms with Crippen LogP contribution in [0.2, 0.25) is 0 Å². The van der Waals surface area contributed by atoms with Crippen molar-refractivity contribution in [3.63, 3.8) is 0 Å². The molecule has 2 rings (SSSR count). The minimum absolute atomic E-state index is 0. The highest BCUT2D eigenvalue weighted by Gasteiger charge is 2.33. The Bertz CT molecular complexity index is 575. The molecule has 0 aromatic heterocycles. The summed E-state index contributed by atoms with van der Waals surface area (Å²) in [7, 11) is 5.14. The minimum atomic E-state index is 0. The van der Waals surface area contributed by atoms with Gasteiger partial charge in [0.2, 0.25) is 0 Å². The first-order valence-corrected chi connectivity index (χ1v) is 8.92. The summed E-state index contributed by atoms with van der Waals surface area (Å²) >= 11 is 0. The molecule has 6 nitrogen and oxygen atoms in total. The maximum atomic E-state index is 9.99. The van der Waals surface area contributed by atoms with Crippen LogP contribution in [0.4, 0.5) is 0 Å². The molecule has 1 aromatic carbocycles. The summed E-state index contributed by atoms with van der Waals surface area (Å²) < 4.78 is 10.5. The molecule has 1 aliphatic rings. The lowest BCUT2D eigenvalue weighted by Crippen LogP contribution is -2.43. The Labute approximate surface area is 173 Å². The van der Waals surface area contributed by atoms with E-state index in [0.29, 0.717) is 12.0 Å². The highest BCUT2D eigenvalue weighted by atomic mass is 127. The highest BCUT2D eigenvalue weighted by Crippen LogP contribution is 2.40. The molecule has 0 saturated heterocycles. The number of phenols is 1. The van der Waals surface area contributed by atoms with Gasteiger partial charge in [-0.3, -0.25) is 4.99 Å². The number of benzene rings is 1. The van der Waals surface area contributed by atoms with E-state index in [9.17, 15) is 5.11 Å². The predicted octanol–water partition coefficient (Wildman–Crippen LogP) is 3.28. The van der Waals surface area contributed by atoms with Gasteiger partial charge in [-0.2, -0.15) is 0 Å². The number of aliphatic imine (C=N–C) groups is 1. The summed E-state index contributed by atoms with van der Waals surface area (Å²) in [5.74, 6) is 1.71. The summed E-state index contributed by atoms with van der Waals surface area (Å²) in [4.78, 5) is 4.30. The molecule has 0 radical (unpaired) electrons. The Morgan fingerprint density at radius 3 is 2.58 bits per heavy atom. The number of aromatic hydroxyl groups is 1. The van der Waals surface area contributed by atoms with Crippen LogP contribution in [0.25, 0.3) is 0 Å². The number of ether oxygens (including phenoxy) is 2. The van der Waals surface area contributed by atoms with Crippen molar-refractivity contribution in [2.24, 2.45) is 10.4 Å². The van der Waals surface area contributed by atoms with Gasteiger partial charge in [-0.15, -0.1) is 24.0 Å². The van der Waals surface area contributed by atoms with Gasteiger partial charge in [0.1, 0.15) is 11.5 Å². The molecular weight excluding hydrogens is 445 g/mol. The molecule has 0 unspecified atom stereocenters. The fourth-order valence-electron chi connectivity index (χ4n) is 3.46. The van der Waals surface area contributed by atoms with Crippen molar-refractivity contribution in [3.05, 3.63) is 23.8 Å². The van der Waals surface area contributed by atoms with Crippen molar-refractivity contribution in [1.29, 1.82) is 0 Å². The second-order valence-corrected chi connectivity index (χ2v) is 6.72. The zero-order valence-corrected chi connectivity index (χ0v) is 18.3. The second-order valence-electron chi connectivity index (χ2n) is 6.72. The lowest BCUT2D eigenvalue weighted by Gasteiger charge is -2.30. The summed E-state index contributed by atoms with van der Waals surface area (Å²) in [5.41, 5.74) is 1.07. The van der Waals surface area contributed by atoms with E-state index in [4.69, 9.17) is 9.47 Å². The Kier molecular flexibility index (Phi) is 10.1. The van der Waals surface area contributed by atoms with E-state index in [-0.39, 0.29) is 29.7 Å². The average molecular weight is 477 g/mol. The number of phenolic OH excluding ortho intramolecular Hbond substituents is 1. The third-order valence-electron chi connectivity index (χ3n) is 5.09. The van der Waals surface area contributed by atoms with E-state index in [1.54, 1.807) is 33.4 Å². The van der Waals surface area contributed by atoms with Gasteiger partial charge in [0.15, 0.2) is 5.96 Å². The smallest absolute Gasteiger partial charge is 0.191 e. The largest absolute Gasteiger partial charge is 0.508 e. The predicted molar refractivity (Wildman–Crippen MR) is 116 cm³/mol. The number of nitrogens with one attached hydrogen (secondary N) is 2. The lowest BCUT2D eigenvalue weighted by molar-refractivity contribution is 0.138. The zero-order valence-electron chi connectivity index (χ0n) is 16.0. The fourth-order valence-corrected chi connectivity index (χ4v) is 3.46. The number of rotatable bonds is 8. The van der Waals surface area contributed by atoms with Gasteiger partial charge in [0.25, 0.3) is 0 Å². The monoisotopic (exact) mass is 477 g/mol. The summed E-state index contributed by atoms with van der Waals surface area (Å²) in [6.45, 7) is 2.17. The minimum Gasteiger partial charge on any atom is -0.508 e. The van der Waals surface area contributed by atoms with Crippen LogP contribution in [0.1, 0.15) is 37.7 Å². The molecule has 1 fully saturated rings. The van der Waals surface area contributed by atoms with Gasteiger partial charge in [0.05, 0.1) is 7.11 Å². The molecule has 0 heterocycles. The van der Waals surface area contributed by atoms with Gasteiger partial charge in [-0.1, -0.05) is 12.8 Å². The molecule has 0 aliphatic heterocycles. The SMILES string of the molecule is CN=C(NCc1cc(OC)ccc1O)NCC1(CCOC)CCCC1.I. The Hall–Kier alpha value is -1.22. The topological polar surface area (TPSA) is 75.1 Å². The number of hydrogen-bond acceptors (Lipinski definition) is 4. The third-order valence-corrected chi connectivity index (χ3v) is 5.09. The van der Waals surface area contributed by atoms with Crippen molar-refractivity contribution < 1.29 is 14.6 Å². The fraction of sp³-hybridized carbons (Fsp3) is 0.632. The molecule has 0 amide bonds. The third kappa shape index (κ3) is 6.50. The van der Waals surface area contributed by atoms with E-state index in [2.05, 4.69) is 15.6 Å². The number of halogens is 1. The molecule has 7 heteroatoms. The molecule has 0 bridgehead atoms. The van der Waals surface area contributed by atoms with Gasteiger partial charge in [-0.25, -0.2) is 0 Å². The molecule has 0 spiro atoms. The van der Waals surface area contributed by atoms with Crippen LogP contribution in [-0.4, -0.2) is 45.5 Å². The molecule has 0 atom stereocenters. The van der Waals surface area contributed by atoms with Crippen LogP contribution in [0.3, 0.4) is 0 Å². The Morgan fingerprint density at radius 1 is 1.23 bits per heavy atom. The van der Waals surface area contributed by atoms with Gasteiger partial charge in [0, 0.05) is 39.4 Å². The maximum Gasteiger partial charge on any atom is 0.191 e. The van der Waals surface area contributed by atoms with E-state index >= 15 is 0 Å². The molecule has 148 valence electrons. The van der Waals surface area contributed by atoms with E-state index < -0.39 is 0 Å². The summed E-state index contributed by atoms with van der Waals surface area (Å²) in [6, 6.07) is 5.21. The molecule has 3 N–H and O–H groups in total. The first-order chi connectivity index (χ1) is 12.1. The number of hydrogen-bond donors (Lipinski definition) is 3. The molecular formula is C19H32IN3O3. The summed E-state index contributed by atoms with van der Waals surface area (Å²) in [6.07, 6.45) is 6.11. The molecule has 1 aliphatic carbocycles. The second kappa shape index (κ2) is 11.5. The van der Waals surface area contributed by atoms with Crippen LogP contribution in [0.5, 0.6) is 11.5 Å². The van der Waals surface area contributed by atoms with Crippen LogP contribution in [0, 0.1) is 5.41 Å². The quantitative estimate of drug-likeness (QED) is 0.305. The number of nitrogens with zero attached hydrogens (tertiary/aromatic N) is 1. The van der Waals surface area contributed by atoms with Crippen molar-refractivity contribution >= 4 is 29.9 Å². The number of methoxy groups -OCH3 is 2. The van der Waals surface area contributed by atoms with Gasteiger partial charge in [-0.05, 0) is 42.9 Å². The lowest BCUT2D eigenvalue weighted by atomic mass is 9.83. The van der Waals surface area contributed by atoms with Crippen LogP contribution in [0.15, 0.2) is 23.2 Å². The maximum absolute atomic E-state index is 9.99. The van der Waals surface area contributed by atoms with E-state index in [1.165, 1.54) is 25.7 Å². The van der Waals surface area contributed by atoms with Crippen molar-refractivity contribution in [3.8, 4) is 11.5 Å².